The van der Waals surface area contributed by atoms with Crippen LogP contribution in [0.5, 0.6) is 5.75 Å². The number of ether oxygens (including phenoxy) is 2. The molecule has 0 saturated carbocycles. The third-order valence-corrected chi connectivity index (χ3v) is 5.52. The van der Waals surface area contributed by atoms with E-state index in [4.69, 9.17) is 9.47 Å². The lowest BCUT2D eigenvalue weighted by atomic mass is 10.0. The van der Waals surface area contributed by atoms with Crippen molar-refractivity contribution < 1.29 is 19.1 Å². The summed E-state index contributed by atoms with van der Waals surface area (Å²) in [5.41, 5.74) is 3.40. The number of benzene rings is 2. The summed E-state index contributed by atoms with van der Waals surface area (Å²) in [7, 11) is 3.00. The number of nitrogens with zero attached hydrogens (tertiary/aromatic N) is 2. The lowest BCUT2D eigenvalue weighted by Crippen LogP contribution is -2.55. The first-order chi connectivity index (χ1) is 14.2. The van der Waals surface area contributed by atoms with Gasteiger partial charge >= 0.3 is 5.97 Å². The van der Waals surface area contributed by atoms with Gasteiger partial charge in [0.1, 0.15) is 5.75 Å². The number of hydrogen-bond donors (Lipinski definition) is 0. The van der Waals surface area contributed by atoms with E-state index in [1.54, 1.807) is 19.2 Å². The zero-order chi connectivity index (χ0) is 21.9. The van der Waals surface area contributed by atoms with Gasteiger partial charge in [-0.25, -0.2) is 4.79 Å². The molecule has 0 aromatic heterocycles. The first kappa shape index (κ1) is 21.8. The van der Waals surface area contributed by atoms with Gasteiger partial charge in [0.25, 0.3) is 0 Å². The van der Waals surface area contributed by atoms with Crippen LogP contribution in [-0.4, -0.2) is 61.1 Å². The van der Waals surface area contributed by atoms with Crippen LogP contribution in [0.15, 0.2) is 42.5 Å². The van der Waals surface area contributed by atoms with Crippen LogP contribution in [0.25, 0.3) is 11.1 Å². The van der Waals surface area contributed by atoms with E-state index >= 15 is 0 Å². The van der Waals surface area contributed by atoms with E-state index in [1.807, 2.05) is 35.2 Å². The van der Waals surface area contributed by atoms with Crippen LogP contribution < -0.4 is 4.74 Å². The smallest absolute Gasteiger partial charge is 0.337 e. The molecule has 0 spiro atoms. The Bertz CT molecular complexity index is 916. The zero-order valence-corrected chi connectivity index (χ0v) is 18.4. The normalized spacial score (nSPS) is 15.2. The van der Waals surface area contributed by atoms with Crippen molar-refractivity contribution in [3.05, 3.63) is 53.6 Å². The lowest BCUT2D eigenvalue weighted by molar-refractivity contribution is -0.139. The van der Waals surface area contributed by atoms with E-state index in [2.05, 4.69) is 25.7 Å². The van der Waals surface area contributed by atoms with Crippen molar-refractivity contribution in [1.82, 2.24) is 9.80 Å². The van der Waals surface area contributed by atoms with Gasteiger partial charge in [0, 0.05) is 30.7 Å². The SMILES string of the molecule is COC(=O)c1ccc(-c2ccc(CN3CCN(C(C)(C)C)CC3=O)cc2OC)cc1. The number of carbonyl (C=O) groups excluding carboxylic acids is 2. The van der Waals surface area contributed by atoms with Crippen LogP contribution in [0, 0.1) is 0 Å². The highest BCUT2D eigenvalue weighted by molar-refractivity contribution is 5.90. The highest BCUT2D eigenvalue weighted by Gasteiger charge is 2.30. The molecule has 1 saturated heterocycles. The Morgan fingerprint density at radius 2 is 1.73 bits per heavy atom. The van der Waals surface area contributed by atoms with Gasteiger partial charge < -0.3 is 14.4 Å². The molecule has 1 amide bonds. The molecule has 6 nitrogen and oxygen atoms in total. The predicted molar refractivity (Wildman–Crippen MR) is 117 cm³/mol. The van der Waals surface area contributed by atoms with E-state index in [0.29, 0.717) is 18.7 Å². The maximum atomic E-state index is 12.6. The van der Waals surface area contributed by atoms with E-state index < -0.39 is 0 Å². The van der Waals surface area contributed by atoms with E-state index in [9.17, 15) is 9.59 Å². The average Bonchev–Trinajstić information content (AvgIpc) is 2.74. The average molecular weight is 411 g/mol. The van der Waals surface area contributed by atoms with Crippen molar-refractivity contribution in [3.8, 4) is 16.9 Å². The molecule has 6 heteroatoms. The summed E-state index contributed by atoms with van der Waals surface area (Å²) in [4.78, 5) is 28.4. The number of methoxy groups -OCH3 is 2. The van der Waals surface area contributed by atoms with Crippen LogP contribution in [0.4, 0.5) is 0 Å². The molecule has 1 heterocycles. The summed E-state index contributed by atoms with van der Waals surface area (Å²) in [6, 6.07) is 13.2. The molecule has 3 rings (SSSR count). The van der Waals surface area contributed by atoms with Crippen LogP contribution in [0.1, 0.15) is 36.7 Å². The van der Waals surface area contributed by atoms with Crippen molar-refractivity contribution in [2.24, 2.45) is 0 Å². The van der Waals surface area contributed by atoms with E-state index in [-0.39, 0.29) is 17.4 Å². The first-order valence-electron chi connectivity index (χ1n) is 10.1. The fourth-order valence-electron chi connectivity index (χ4n) is 3.64. The highest BCUT2D eigenvalue weighted by atomic mass is 16.5. The molecule has 30 heavy (non-hydrogen) atoms. The first-order valence-corrected chi connectivity index (χ1v) is 10.1. The molecule has 0 N–H and O–H groups in total. The van der Waals surface area contributed by atoms with Crippen molar-refractivity contribution in [2.45, 2.75) is 32.9 Å². The number of rotatable bonds is 5. The van der Waals surface area contributed by atoms with Gasteiger partial charge in [-0.2, -0.15) is 0 Å². The summed E-state index contributed by atoms with van der Waals surface area (Å²) >= 11 is 0. The Morgan fingerprint density at radius 1 is 1.03 bits per heavy atom. The maximum Gasteiger partial charge on any atom is 0.337 e. The minimum Gasteiger partial charge on any atom is -0.496 e. The van der Waals surface area contributed by atoms with E-state index in [1.165, 1.54) is 7.11 Å². The van der Waals surface area contributed by atoms with Gasteiger partial charge in [0.05, 0.1) is 26.3 Å². The quantitative estimate of drug-likeness (QED) is 0.705. The Kier molecular flexibility index (Phi) is 6.46. The molecular weight excluding hydrogens is 380 g/mol. The summed E-state index contributed by atoms with van der Waals surface area (Å²) < 4.78 is 10.4. The van der Waals surface area contributed by atoms with Gasteiger partial charge in [-0.3, -0.25) is 9.69 Å². The molecule has 1 aliphatic rings. The summed E-state index contributed by atoms with van der Waals surface area (Å²) in [5, 5.41) is 0. The Balaban J connectivity index is 1.75. The van der Waals surface area contributed by atoms with Crippen molar-refractivity contribution in [1.29, 1.82) is 0 Å². The second kappa shape index (κ2) is 8.88. The molecule has 2 aromatic rings. The third-order valence-electron chi connectivity index (χ3n) is 5.52. The Morgan fingerprint density at radius 3 is 2.30 bits per heavy atom. The van der Waals surface area contributed by atoms with Gasteiger partial charge in [-0.05, 0) is 50.1 Å². The minimum absolute atomic E-state index is 0.00393. The highest BCUT2D eigenvalue weighted by Crippen LogP contribution is 2.32. The summed E-state index contributed by atoms with van der Waals surface area (Å²) in [5.74, 6) is 0.525. The Hall–Kier alpha value is -2.86. The predicted octanol–water partition coefficient (Wildman–Crippen LogP) is 3.59. The van der Waals surface area contributed by atoms with Gasteiger partial charge in [0.15, 0.2) is 0 Å². The van der Waals surface area contributed by atoms with Crippen molar-refractivity contribution in [2.75, 3.05) is 33.9 Å². The molecule has 160 valence electrons. The second-order valence-corrected chi connectivity index (χ2v) is 8.51. The monoisotopic (exact) mass is 410 g/mol. The zero-order valence-electron chi connectivity index (χ0n) is 18.4. The Labute approximate surface area is 178 Å². The third kappa shape index (κ3) is 4.82. The second-order valence-electron chi connectivity index (χ2n) is 8.51. The number of esters is 1. The van der Waals surface area contributed by atoms with Crippen LogP contribution in [0.2, 0.25) is 0 Å². The topological polar surface area (TPSA) is 59.1 Å². The van der Waals surface area contributed by atoms with Crippen molar-refractivity contribution in [3.63, 3.8) is 0 Å². The minimum atomic E-state index is -0.361. The molecule has 1 aliphatic heterocycles. The largest absolute Gasteiger partial charge is 0.496 e. The molecule has 0 atom stereocenters. The van der Waals surface area contributed by atoms with Crippen molar-refractivity contribution >= 4 is 11.9 Å². The number of piperazine rings is 1. The molecule has 0 bridgehead atoms. The number of amides is 1. The standard InChI is InChI=1S/C24H30N2O4/c1-24(2,3)26-13-12-25(22(27)16-26)15-17-6-11-20(21(14-17)29-4)18-7-9-19(10-8-18)23(28)30-5/h6-11,14H,12-13,15-16H2,1-5H3. The summed E-state index contributed by atoms with van der Waals surface area (Å²) in [6.07, 6.45) is 0. The summed E-state index contributed by atoms with van der Waals surface area (Å²) in [6.45, 7) is 9.01. The number of hydrogen-bond acceptors (Lipinski definition) is 5. The lowest BCUT2D eigenvalue weighted by Gasteiger charge is -2.41. The fraction of sp³-hybridized carbons (Fsp3) is 0.417. The maximum absolute atomic E-state index is 12.6. The van der Waals surface area contributed by atoms with Crippen LogP contribution >= 0.6 is 0 Å². The van der Waals surface area contributed by atoms with Gasteiger partial charge in [0.2, 0.25) is 5.91 Å². The molecule has 0 radical (unpaired) electrons. The van der Waals surface area contributed by atoms with Gasteiger partial charge in [-0.15, -0.1) is 0 Å². The molecule has 1 fully saturated rings. The molecule has 0 aliphatic carbocycles. The number of carbonyl (C=O) groups is 2. The van der Waals surface area contributed by atoms with Crippen LogP contribution in [-0.2, 0) is 16.1 Å². The molecule has 2 aromatic carbocycles. The van der Waals surface area contributed by atoms with Crippen LogP contribution in [0.3, 0.4) is 0 Å². The van der Waals surface area contributed by atoms with E-state index in [0.717, 1.165) is 35.5 Å². The van der Waals surface area contributed by atoms with Gasteiger partial charge in [-0.1, -0.05) is 24.3 Å². The molecule has 0 unspecified atom stereocenters. The molecular formula is C24H30N2O4. The fourth-order valence-corrected chi connectivity index (χ4v) is 3.64.